The maximum absolute atomic E-state index is 13.0. The molecule has 24 nitrogen and oxygen atoms in total. The lowest BCUT2D eigenvalue weighted by molar-refractivity contribution is -0.213. The number of hydrogen-bond acceptors (Lipinski definition) is 17. The molecular formula is C35H64N3O21P3S. The van der Waals surface area contributed by atoms with Crippen LogP contribution in [0.1, 0.15) is 110 Å². The molecule has 3 aliphatic rings. The smallest absolute Gasteiger partial charge is 0.462 e. The summed E-state index contributed by atoms with van der Waals surface area (Å²) in [6, 6.07) is 0.207. The summed E-state index contributed by atoms with van der Waals surface area (Å²) >= 11 is 1.84. The number of ether oxygens (including phenoxy) is 2. The molecule has 0 aromatic heterocycles. The quantitative estimate of drug-likeness (QED) is 0.0203. The van der Waals surface area contributed by atoms with Gasteiger partial charge >= 0.3 is 41.4 Å². The van der Waals surface area contributed by atoms with Crippen LogP contribution in [0.5, 0.6) is 0 Å². The summed E-state index contributed by atoms with van der Waals surface area (Å²) in [6.07, 6.45) is -6.12. The molecule has 11 unspecified atom stereocenters. The largest absolute Gasteiger partial charge is 0.472 e. The van der Waals surface area contributed by atoms with Crippen molar-refractivity contribution in [3.8, 4) is 0 Å². The topological polar surface area (TPSA) is 373 Å². The zero-order chi connectivity index (χ0) is 46.8. The van der Waals surface area contributed by atoms with E-state index in [1.807, 2.05) is 18.7 Å². The highest BCUT2D eigenvalue weighted by molar-refractivity contribution is 8.00. The molecule has 0 aromatic rings. The molecule has 0 bridgehead atoms. The number of rotatable bonds is 31. The molecule has 3 fully saturated rings. The highest BCUT2D eigenvalue weighted by atomic mass is 32.2. The fourth-order valence-electron chi connectivity index (χ4n) is 7.22. The average Bonchev–Trinajstić information content (AvgIpc) is 3.75. The van der Waals surface area contributed by atoms with Crippen molar-refractivity contribution in [3.63, 3.8) is 0 Å². The Kier molecular flexibility index (Phi) is 23.9. The number of phosphoric acid groups is 3. The average molecular weight is 988 g/mol. The van der Waals surface area contributed by atoms with Gasteiger partial charge in [-0.05, 0) is 32.1 Å². The monoisotopic (exact) mass is 987 g/mol. The first-order valence-electron chi connectivity index (χ1n) is 21.1. The standard InChI is InChI=1S/C35H64N3O21P3S/c1-2-3-4-6-10-17-27(41)56-22(20-55-62(52,53)59-32-29(42)30(43)33(57-60(46,47)48)34(31(32)44)58-61(49,50)51)19-54-26(40)16-9-7-5-8-13-18-36-25(39)15-12-11-14-24-28-23(21-63-24)37-35(45)38-28/h22-24,28-34,42-44H,2-21H2,1H3,(H,36,39)(H,52,53)(H2,37,38,45)(H2,46,47,48)(H2,49,50,51). The molecule has 11 atom stereocenters. The van der Waals surface area contributed by atoms with Crippen LogP contribution in [0.2, 0.25) is 0 Å². The van der Waals surface area contributed by atoms with E-state index in [0.717, 1.165) is 70.0 Å². The summed E-state index contributed by atoms with van der Waals surface area (Å²) < 4.78 is 64.8. The lowest BCUT2D eigenvalue weighted by atomic mass is 9.85. The summed E-state index contributed by atoms with van der Waals surface area (Å²) in [5, 5.41) is 40.8. The minimum absolute atomic E-state index is 0.00863. The molecule has 2 heterocycles. The van der Waals surface area contributed by atoms with Crippen LogP contribution in [0.4, 0.5) is 4.79 Å². The number of hydrogen-bond donors (Lipinski definition) is 11. The summed E-state index contributed by atoms with van der Waals surface area (Å²) in [6.45, 7) is 0.970. The van der Waals surface area contributed by atoms with Crippen LogP contribution >= 0.6 is 35.2 Å². The van der Waals surface area contributed by atoms with Crippen molar-refractivity contribution in [2.75, 3.05) is 25.5 Å². The number of unbranched alkanes of at least 4 members (excludes halogenated alkanes) is 9. The molecule has 63 heavy (non-hydrogen) atoms. The number of urea groups is 1. The first-order chi connectivity index (χ1) is 29.6. The molecule has 1 aliphatic carbocycles. The predicted octanol–water partition coefficient (Wildman–Crippen LogP) is 1.54. The van der Waals surface area contributed by atoms with Crippen LogP contribution in [0.3, 0.4) is 0 Å². The molecule has 3 rings (SSSR count). The number of carbonyl (C=O) groups excluding carboxylic acids is 4. The number of fused-ring (bicyclic) bond motifs is 1. The number of thioether (sulfide) groups is 1. The number of phosphoric ester groups is 3. The van der Waals surface area contributed by atoms with Gasteiger partial charge in [-0.2, -0.15) is 11.8 Å². The first-order valence-corrected chi connectivity index (χ1v) is 26.7. The molecule has 3 amide bonds. The van der Waals surface area contributed by atoms with Gasteiger partial charge in [0.1, 0.15) is 43.2 Å². The summed E-state index contributed by atoms with van der Waals surface area (Å²) in [4.78, 5) is 96.3. The van der Waals surface area contributed by atoms with Crippen molar-refractivity contribution in [3.05, 3.63) is 0 Å². The van der Waals surface area contributed by atoms with Crippen LogP contribution in [-0.2, 0) is 55.6 Å². The summed E-state index contributed by atoms with van der Waals surface area (Å²) in [5.74, 6) is -0.538. The Hall–Kier alpha value is -1.76. The van der Waals surface area contributed by atoms with Crippen molar-refractivity contribution in [2.45, 2.75) is 170 Å². The Morgan fingerprint density at radius 3 is 1.94 bits per heavy atom. The summed E-state index contributed by atoms with van der Waals surface area (Å²) in [7, 11) is -16.6. The highest BCUT2D eigenvalue weighted by Gasteiger charge is 2.56. The molecule has 366 valence electrons. The fraction of sp³-hybridized carbons (Fsp3) is 0.886. The lowest BCUT2D eigenvalue weighted by Crippen LogP contribution is -2.65. The van der Waals surface area contributed by atoms with Crippen molar-refractivity contribution in [1.82, 2.24) is 16.0 Å². The van der Waals surface area contributed by atoms with E-state index >= 15 is 0 Å². The SMILES string of the molecule is CCCCCCCC(=O)OC(COC(=O)CCCCCCCNC(=O)CCCCC1SCC2NC(=O)NC21)COP(=O)(O)OC1C(O)C(O)C(OP(=O)(O)O)C(OP(=O)(O)O)C1O. The van der Waals surface area contributed by atoms with Crippen LogP contribution in [0.25, 0.3) is 0 Å². The van der Waals surface area contributed by atoms with E-state index in [4.69, 9.17) is 18.5 Å². The third-order valence-corrected chi connectivity index (χ3v) is 13.9. The van der Waals surface area contributed by atoms with E-state index in [-0.39, 0.29) is 36.9 Å². The van der Waals surface area contributed by atoms with Crippen LogP contribution in [0, 0.1) is 0 Å². The van der Waals surface area contributed by atoms with Gasteiger partial charge in [-0.1, -0.05) is 58.3 Å². The minimum Gasteiger partial charge on any atom is -0.462 e. The Morgan fingerprint density at radius 1 is 0.714 bits per heavy atom. The van der Waals surface area contributed by atoms with E-state index in [1.54, 1.807) is 0 Å². The molecule has 11 N–H and O–H groups in total. The van der Waals surface area contributed by atoms with E-state index < -0.39 is 91.3 Å². The van der Waals surface area contributed by atoms with Gasteiger partial charge in [0.15, 0.2) is 6.10 Å². The van der Waals surface area contributed by atoms with Gasteiger partial charge in [0.25, 0.3) is 0 Å². The molecule has 2 saturated heterocycles. The second kappa shape index (κ2) is 27.2. The highest BCUT2D eigenvalue weighted by Crippen LogP contribution is 2.51. The normalized spacial score (nSPS) is 27.4. The van der Waals surface area contributed by atoms with E-state index in [9.17, 15) is 72.7 Å². The molecular weight excluding hydrogens is 923 g/mol. The third-order valence-electron chi connectivity index (χ3n) is 10.4. The number of nitrogens with one attached hydrogen (secondary N) is 3. The van der Waals surface area contributed by atoms with Gasteiger partial charge in [-0.25, -0.2) is 18.5 Å². The zero-order valence-electron chi connectivity index (χ0n) is 35.1. The lowest BCUT2D eigenvalue weighted by Gasteiger charge is -2.44. The van der Waals surface area contributed by atoms with Crippen LogP contribution < -0.4 is 16.0 Å². The van der Waals surface area contributed by atoms with Gasteiger partial charge in [0.05, 0.1) is 18.7 Å². The first kappa shape index (κ1) is 55.6. The van der Waals surface area contributed by atoms with Crippen LogP contribution in [0.15, 0.2) is 0 Å². The van der Waals surface area contributed by atoms with Crippen LogP contribution in [-0.4, -0.2) is 149 Å². The minimum atomic E-state index is -5.61. The second-order valence-electron chi connectivity index (χ2n) is 15.6. The van der Waals surface area contributed by atoms with Gasteiger partial charge in [0.2, 0.25) is 5.91 Å². The Bertz CT molecular complexity index is 1610. The van der Waals surface area contributed by atoms with Crippen molar-refractivity contribution >= 4 is 59.1 Å². The van der Waals surface area contributed by atoms with Gasteiger partial charge in [0, 0.05) is 36.8 Å². The number of aliphatic hydroxyl groups is 3. The Balaban J connectivity index is 1.41. The van der Waals surface area contributed by atoms with E-state index in [2.05, 4.69) is 25.0 Å². The molecule has 28 heteroatoms. The van der Waals surface area contributed by atoms with E-state index in [1.165, 1.54) is 0 Å². The second-order valence-corrected chi connectivity index (χ2v) is 20.7. The molecule has 0 aromatic carbocycles. The van der Waals surface area contributed by atoms with Crippen molar-refractivity contribution in [2.24, 2.45) is 0 Å². The molecule has 1 saturated carbocycles. The number of aliphatic hydroxyl groups excluding tert-OH is 3. The van der Waals surface area contributed by atoms with Crippen molar-refractivity contribution in [1.29, 1.82) is 0 Å². The number of amides is 3. The summed E-state index contributed by atoms with van der Waals surface area (Å²) in [5.41, 5.74) is 0. The Morgan fingerprint density at radius 2 is 1.29 bits per heavy atom. The van der Waals surface area contributed by atoms with Gasteiger partial charge in [-0.3, -0.25) is 32.5 Å². The van der Waals surface area contributed by atoms with Gasteiger partial charge in [-0.15, -0.1) is 0 Å². The third kappa shape index (κ3) is 21.2. The van der Waals surface area contributed by atoms with Crippen molar-refractivity contribution < 1.29 is 100 Å². The molecule has 0 spiro atoms. The molecule has 2 aliphatic heterocycles. The maximum atomic E-state index is 13.0. The fourth-order valence-corrected chi connectivity index (χ4v) is 10.9. The predicted molar refractivity (Wildman–Crippen MR) is 221 cm³/mol. The molecule has 0 radical (unpaired) electrons. The zero-order valence-corrected chi connectivity index (χ0v) is 38.6. The maximum Gasteiger partial charge on any atom is 0.472 e. The Labute approximate surface area is 369 Å². The van der Waals surface area contributed by atoms with E-state index in [0.29, 0.717) is 37.5 Å². The van der Waals surface area contributed by atoms with Gasteiger partial charge < -0.3 is 65.2 Å². The number of carbonyl (C=O) groups is 4. The number of esters is 2.